The molecule has 2 fully saturated rings. The molecule has 1 unspecified atom stereocenters. The Morgan fingerprint density at radius 2 is 1.94 bits per heavy atom. The number of piperazine rings is 1. The van der Waals surface area contributed by atoms with Crippen molar-refractivity contribution in [3.05, 3.63) is 18.5 Å². The molecule has 10 heteroatoms. The van der Waals surface area contributed by atoms with Gasteiger partial charge in [-0.15, -0.1) is 24.0 Å². The summed E-state index contributed by atoms with van der Waals surface area (Å²) >= 11 is 0. The van der Waals surface area contributed by atoms with E-state index in [9.17, 15) is 0 Å². The zero-order chi connectivity index (χ0) is 21.0. The topological polar surface area (TPSA) is 78.4 Å². The van der Waals surface area contributed by atoms with Crippen LogP contribution in [0.15, 0.2) is 23.5 Å². The molecule has 0 radical (unpaired) electrons. The predicted octanol–water partition coefficient (Wildman–Crippen LogP) is 1.17. The number of anilines is 1. The van der Waals surface area contributed by atoms with Crippen LogP contribution in [0.3, 0.4) is 0 Å². The second-order valence-corrected chi connectivity index (χ2v) is 7.87. The molecule has 1 aromatic heterocycles. The van der Waals surface area contributed by atoms with Crippen LogP contribution in [-0.2, 0) is 9.47 Å². The van der Waals surface area contributed by atoms with Gasteiger partial charge in [-0.3, -0.25) is 9.89 Å². The molecule has 3 heterocycles. The fraction of sp³-hybridized carbons (Fsp3) is 0.762. The molecule has 3 rings (SSSR count). The van der Waals surface area contributed by atoms with Gasteiger partial charge in [-0.2, -0.15) is 0 Å². The number of likely N-dealkylation sites (tertiary alicyclic amines) is 1. The number of aliphatic imine (C=N–C) groups is 1. The molecule has 0 saturated carbocycles. The van der Waals surface area contributed by atoms with Crippen molar-refractivity contribution in [2.75, 3.05) is 91.2 Å². The minimum Gasteiger partial charge on any atom is -0.382 e. The van der Waals surface area contributed by atoms with E-state index in [2.05, 4.69) is 35.0 Å². The molecule has 0 aromatic carbocycles. The largest absolute Gasteiger partial charge is 0.382 e. The average molecular weight is 547 g/mol. The van der Waals surface area contributed by atoms with E-state index < -0.39 is 0 Å². The lowest BCUT2D eigenvalue weighted by atomic mass is 10.1. The van der Waals surface area contributed by atoms with E-state index in [1.165, 1.54) is 0 Å². The molecule has 0 aliphatic carbocycles. The number of hydrogen-bond acceptors (Lipinski definition) is 7. The summed E-state index contributed by atoms with van der Waals surface area (Å²) in [6.07, 6.45) is 5.88. The predicted molar refractivity (Wildman–Crippen MR) is 134 cm³/mol. The highest BCUT2D eigenvalue weighted by atomic mass is 127. The molecule has 1 atom stereocenters. The molecule has 2 aliphatic rings. The minimum absolute atomic E-state index is 0. The second kappa shape index (κ2) is 14.8. The van der Waals surface area contributed by atoms with E-state index >= 15 is 0 Å². The van der Waals surface area contributed by atoms with Gasteiger partial charge in [0, 0.05) is 78.3 Å². The molecular formula is C21H38IN7O2. The van der Waals surface area contributed by atoms with Crippen molar-refractivity contribution in [3.63, 3.8) is 0 Å². The maximum absolute atomic E-state index is 5.69. The van der Waals surface area contributed by atoms with E-state index in [0.29, 0.717) is 19.1 Å². The lowest BCUT2D eigenvalue weighted by molar-refractivity contribution is 0.0536. The number of rotatable bonds is 10. The smallest absolute Gasteiger partial charge is 0.225 e. The minimum atomic E-state index is 0. The molecule has 0 amide bonds. The quantitative estimate of drug-likeness (QED) is 0.203. The van der Waals surface area contributed by atoms with Crippen LogP contribution in [-0.4, -0.2) is 112 Å². The molecule has 2 saturated heterocycles. The molecule has 1 aromatic rings. The standard InChI is InChI=1S/C21H37N7O2.HI/c1-22-20(28-10-5-19(17-28)18-30-16-15-29-2)23-8-4-9-26-11-13-27(14-12-26)21-24-6-3-7-25-21;/h3,6-7,19H,4-5,8-18H2,1-2H3,(H,22,23);1H. The summed E-state index contributed by atoms with van der Waals surface area (Å²) in [5.41, 5.74) is 0. The Kier molecular flexibility index (Phi) is 12.4. The van der Waals surface area contributed by atoms with Gasteiger partial charge in [0.25, 0.3) is 0 Å². The lowest BCUT2D eigenvalue weighted by Crippen LogP contribution is -2.47. The van der Waals surface area contributed by atoms with E-state index in [0.717, 1.165) is 83.7 Å². The highest BCUT2D eigenvalue weighted by Crippen LogP contribution is 2.16. The van der Waals surface area contributed by atoms with Crippen LogP contribution in [0.2, 0.25) is 0 Å². The Hall–Kier alpha value is -1.24. The van der Waals surface area contributed by atoms with E-state index in [-0.39, 0.29) is 24.0 Å². The number of hydrogen-bond donors (Lipinski definition) is 1. The lowest BCUT2D eigenvalue weighted by Gasteiger charge is -2.34. The summed E-state index contributed by atoms with van der Waals surface area (Å²) in [7, 11) is 3.57. The molecule has 9 nitrogen and oxygen atoms in total. The zero-order valence-electron chi connectivity index (χ0n) is 18.9. The Labute approximate surface area is 203 Å². The van der Waals surface area contributed by atoms with Crippen LogP contribution in [0, 0.1) is 5.92 Å². The van der Waals surface area contributed by atoms with E-state index in [1.807, 2.05) is 25.5 Å². The number of aromatic nitrogens is 2. The molecule has 176 valence electrons. The van der Waals surface area contributed by atoms with Crippen LogP contribution in [0.4, 0.5) is 5.95 Å². The summed E-state index contributed by atoms with van der Waals surface area (Å²) in [4.78, 5) is 20.3. The van der Waals surface area contributed by atoms with Gasteiger partial charge in [0.05, 0.1) is 19.8 Å². The van der Waals surface area contributed by atoms with Crippen molar-refractivity contribution in [1.29, 1.82) is 0 Å². The van der Waals surface area contributed by atoms with Crippen molar-refractivity contribution < 1.29 is 9.47 Å². The number of nitrogens with zero attached hydrogens (tertiary/aromatic N) is 6. The molecule has 1 N–H and O–H groups in total. The number of nitrogens with one attached hydrogen (secondary N) is 1. The maximum Gasteiger partial charge on any atom is 0.225 e. The Morgan fingerprint density at radius 3 is 2.65 bits per heavy atom. The monoisotopic (exact) mass is 547 g/mol. The summed E-state index contributed by atoms with van der Waals surface area (Å²) in [5, 5.41) is 3.54. The van der Waals surface area contributed by atoms with Crippen molar-refractivity contribution in [2.24, 2.45) is 10.9 Å². The molecule has 0 bridgehead atoms. The van der Waals surface area contributed by atoms with Crippen molar-refractivity contribution in [3.8, 4) is 0 Å². The van der Waals surface area contributed by atoms with Gasteiger partial charge in [0.15, 0.2) is 5.96 Å². The number of guanidine groups is 1. The van der Waals surface area contributed by atoms with Gasteiger partial charge in [-0.1, -0.05) is 0 Å². The first kappa shape index (κ1) is 26.0. The van der Waals surface area contributed by atoms with Crippen LogP contribution in [0.1, 0.15) is 12.8 Å². The summed E-state index contributed by atoms with van der Waals surface area (Å²) < 4.78 is 10.7. The number of halogens is 1. The average Bonchev–Trinajstić information content (AvgIpc) is 3.26. The SMILES string of the molecule is CN=C(NCCCN1CCN(c2ncccn2)CC1)N1CCC(COCCOC)C1.I. The third-order valence-corrected chi connectivity index (χ3v) is 5.72. The molecule has 31 heavy (non-hydrogen) atoms. The maximum atomic E-state index is 5.69. The first-order chi connectivity index (χ1) is 14.8. The summed E-state index contributed by atoms with van der Waals surface area (Å²) in [6, 6.07) is 1.86. The fourth-order valence-corrected chi connectivity index (χ4v) is 4.01. The van der Waals surface area contributed by atoms with Crippen LogP contribution < -0.4 is 10.2 Å². The van der Waals surface area contributed by atoms with Crippen LogP contribution >= 0.6 is 24.0 Å². The van der Waals surface area contributed by atoms with Crippen LogP contribution in [0.5, 0.6) is 0 Å². The zero-order valence-corrected chi connectivity index (χ0v) is 21.2. The van der Waals surface area contributed by atoms with Gasteiger partial charge in [0.2, 0.25) is 5.95 Å². The van der Waals surface area contributed by atoms with Gasteiger partial charge >= 0.3 is 0 Å². The first-order valence-electron chi connectivity index (χ1n) is 11.1. The Bertz CT molecular complexity index is 629. The third-order valence-electron chi connectivity index (χ3n) is 5.72. The van der Waals surface area contributed by atoms with Gasteiger partial charge in [-0.25, -0.2) is 9.97 Å². The number of methoxy groups -OCH3 is 1. The molecule has 2 aliphatic heterocycles. The van der Waals surface area contributed by atoms with E-state index in [1.54, 1.807) is 7.11 Å². The van der Waals surface area contributed by atoms with Crippen LogP contribution in [0.25, 0.3) is 0 Å². The molecule has 0 spiro atoms. The Morgan fingerprint density at radius 1 is 1.16 bits per heavy atom. The normalized spacial score (nSPS) is 20.1. The second-order valence-electron chi connectivity index (χ2n) is 7.87. The van der Waals surface area contributed by atoms with Gasteiger partial charge in [-0.05, 0) is 25.5 Å². The summed E-state index contributed by atoms with van der Waals surface area (Å²) in [6.45, 7) is 10.3. The third kappa shape index (κ3) is 8.66. The highest BCUT2D eigenvalue weighted by molar-refractivity contribution is 14.0. The first-order valence-corrected chi connectivity index (χ1v) is 11.1. The van der Waals surface area contributed by atoms with E-state index in [4.69, 9.17) is 9.47 Å². The van der Waals surface area contributed by atoms with Crippen molar-refractivity contribution in [1.82, 2.24) is 25.1 Å². The highest BCUT2D eigenvalue weighted by Gasteiger charge is 2.25. The molecular weight excluding hydrogens is 509 g/mol. The summed E-state index contributed by atoms with van der Waals surface area (Å²) in [5.74, 6) is 2.43. The van der Waals surface area contributed by atoms with Gasteiger partial charge < -0.3 is 24.6 Å². The fourth-order valence-electron chi connectivity index (χ4n) is 4.01. The van der Waals surface area contributed by atoms with Gasteiger partial charge in [0.1, 0.15) is 0 Å². The van der Waals surface area contributed by atoms with Crippen molar-refractivity contribution in [2.45, 2.75) is 12.8 Å². The number of ether oxygens (including phenoxy) is 2. The van der Waals surface area contributed by atoms with Crippen molar-refractivity contribution >= 4 is 35.9 Å². The Balaban J connectivity index is 0.00000341.